The minimum absolute atomic E-state index is 0.485. The molecule has 120 valence electrons. The van der Waals surface area contributed by atoms with Gasteiger partial charge in [-0.25, -0.2) is 0 Å². The Hall–Kier alpha value is -2.54. The third-order valence-electron chi connectivity index (χ3n) is 5.93. The lowest BCUT2D eigenvalue weighted by molar-refractivity contribution is 0.876. The molecule has 25 heavy (non-hydrogen) atoms. The van der Waals surface area contributed by atoms with Gasteiger partial charge in [0.05, 0.1) is 0 Å². The maximum absolute atomic E-state index is 2.48. The maximum atomic E-state index is 2.48. The average Bonchev–Trinajstić information content (AvgIpc) is 3.26. The Balaban J connectivity index is 1.56. The highest BCUT2D eigenvalue weighted by Crippen LogP contribution is 2.37. The van der Waals surface area contributed by atoms with Crippen LogP contribution in [0.4, 0.5) is 0 Å². The van der Waals surface area contributed by atoms with Crippen molar-refractivity contribution in [1.82, 2.24) is 0 Å². The molecule has 0 aromatic heterocycles. The average molecular weight is 320 g/mol. The number of hydrogen-bond donors (Lipinski definition) is 0. The zero-order valence-corrected chi connectivity index (χ0v) is 14.3. The van der Waals surface area contributed by atoms with Gasteiger partial charge in [-0.15, -0.1) is 0 Å². The molecule has 0 spiro atoms. The van der Waals surface area contributed by atoms with Gasteiger partial charge in [-0.05, 0) is 46.0 Å². The molecule has 5 rings (SSSR count). The first-order valence-electron chi connectivity index (χ1n) is 9.29. The number of rotatable bonds is 3. The molecule has 0 fully saturated rings. The summed E-state index contributed by atoms with van der Waals surface area (Å²) >= 11 is 0. The summed E-state index contributed by atoms with van der Waals surface area (Å²) < 4.78 is 0. The molecule has 0 amide bonds. The van der Waals surface area contributed by atoms with Crippen LogP contribution in [0.2, 0.25) is 11.6 Å². The summed E-state index contributed by atoms with van der Waals surface area (Å²) in [6.07, 6.45) is 7.36. The molecular formula is C24H21B. The highest BCUT2D eigenvalue weighted by atomic mass is 14.2. The molecule has 2 aliphatic carbocycles. The number of hydrogen-bond acceptors (Lipinski definition) is 0. The van der Waals surface area contributed by atoms with Gasteiger partial charge in [0, 0.05) is 0 Å². The monoisotopic (exact) mass is 320 g/mol. The van der Waals surface area contributed by atoms with Crippen molar-refractivity contribution in [3.63, 3.8) is 0 Å². The zero-order chi connectivity index (χ0) is 16.6. The van der Waals surface area contributed by atoms with Gasteiger partial charge in [0.15, 0.2) is 6.71 Å². The van der Waals surface area contributed by atoms with Crippen LogP contribution in [0.15, 0.2) is 78.9 Å². The molecule has 0 atom stereocenters. The fourth-order valence-corrected chi connectivity index (χ4v) is 4.82. The third-order valence-corrected chi connectivity index (χ3v) is 5.93. The first kappa shape index (κ1) is 14.8. The normalized spacial score (nSPS) is 16.0. The largest absolute Gasteiger partial charge is 0.190 e. The van der Waals surface area contributed by atoms with E-state index < -0.39 is 0 Å². The Kier molecular flexibility index (Phi) is 3.59. The summed E-state index contributed by atoms with van der Waals surface area (Å²) in [5, 5.41) is 2.79. The van der Waals surface area contributed by atoms with Crippen molar-refractivity contribution in [2.75, 3.05) is 0 Å². The van der Waals surface area contributed by atoms with Crippen molar-refractivity contribution in [2.45, 2.75) is 24.5 Å². The second kappa shape index (κ2) is 6.08. The minimum atomic E-state index is 0.485. The van der Waals surface area contributed by atoms with Crippen LogP contribution in [0.25, 0.3) is 12.2 Å². The number of fused-ring (bicyclic) bond motifs is 2. The van der Waals surface area contributed by atoms with E-state index in [2.05, 4.69) is 91.0 Å². The minimum Gasteiger partial charge on any atom is -0.0788 e. The van der Waals surface area contributed by atoms with Crippen LogP contribution in [0.3, 0.4) is 0 Å². The smallest absolute Gasteiger partial charge is 0.0788 e. The van der Waals surface area contributed by atoms with E-state index in [4.69, 9.17) is 0 Å². The molecule has 3 aromatic carbocycles. The zero-order valence-electron chi connectivity index (χ0n) is 14.3. The Morgan fingerprint density at radius 1 is 0.600 bits per heavy atom. The maximum Gasteiger partial charge on any atom is 0.190 e. The Morgan fingerprint density at radius 3 is 1.72 bits per heavy atom. The van der Waals surface area contributed by atoms with Gasteiger partial charge < -0.3 is 0 Å². The van der Waals surface area contributed by atoms with E-state index in [1.165, 1.54) is 28.7 Å². The summed E-state index contributed by atoms with van der Waals surface area (Å²) in [5.41, 5.74) is 4.57. The van der Waals surface area contributed by atoms with E-state index in [-0.39, 0.29) is 0 Å². The van der Waals surface area contributed by atoms with Crippen molar-refractivity contribution >= 4 is 24.3 Å². The molecule has 0 nitrogen and oxygen atoms in total. The van der Waals surface area contributed by atoms with Crippen LogP contribution in [0.1, 0.15) is 11.1 Å². The molecular weight excluding hydrogens is 299 g/mol. The van der Waals surface area contributed by atoms with Crippen LogP contribution in [-0.4, -0.2) is 6.71 Å². The molecule has 0 N–H and O–H groups in total. The SMILES string of the molecule is C1=c2ccccc2=CC1B(c1ccccc1)C1Cc2ccccc2C1. The molecule has 3 aromatic rings. The van der Waals surface area contributed by atoms with E-state index in [9.17, 15) is 0 Å². The van der Waals surface area contributed by atoms with Gasteiger partial charge in [-0.2, -0.15) is 0 Å². The number of benzene rings is 3. The van der Waals surface area contributed by atoms with Gasteiger partial charge in [-0.3, -0.25) is 0 Å². The first-order valence-corrected chi connectivity index (χ1v) is 9.29. The van der Waals surface area contributed by atoms with Gasteiger partial charge in [0.25, 0.3) is 0 Å². The van der Waals surface area contributed by atoms with Crippen molar-refractivity contribution in [1.29, 1.82) is 0 Å². The molecule has 0 saturated heterocycles. The van der Waals surface area contributed by atoms with Crippen molar-refractivity contribution in [3.8, 4) is 0 Å². The summed E-state index contributed by atoms with van der Waals surface area (Å²) in [6, 6.07) is 28.9. The van der Waals surface area contributed by atoms with Crippen LogP contribution < -0.4 is 15.9 Å². The summed E-state index contributed by atoms with van der Waals surface area (Å²) in [5.74, 6) is 1.16. The van der Waals surface area contributed by atoms with Gasteiger partial charge in [0.2, 0.25) is 0 Å². The fourth-order valence-electron chi connectivity index (χ4n) is 4.82. The first-order chi connectivity index (χ1) is 12.4. The van der Waals surface area contributed by atoms with E-state index >= 15 is 0 Å². The predicted molar refractivity (Wildman–Crippen MR) is 108 cm³/mol. The van der Waals surface area contributed by atoms with Gasteiger partial charge in [0.1, 0.15) is 0 Å². The van der Waals surface area contributed by atoms with Crippen molar-refractivity contribution in [3.05, 3.63) is 100 Å². The molecule has 0 unspecified atom stereocenters. The quantitative estimate of drug-likeness (QED) is 0.650. The molecule has 2 aliphatic rings. The van der Waals surface area contributed by atoms with Crippen LogP contribution in [0.5, 0.6) is 0 Å². The summed E-state index contributed by atoms with van der Waals surface area (Å²) in [7, 11) is 0. The van der Waals surface area contributed by atoms with Crippen LogP contribution in [-0.2, 0) is 12.8 Å². The van der Waals surface area contributed by atoms with E-state index in [1.807, 2.05) is 0 Å². The standard InChI is InChI=1S/C24H21B/c1-2-12-22(13-3-1)25(23-14-18-8-4-5-9-19(18)15-23)24-16-20-10-6-7-11-21(20)17-24/h1-15,23-24H,16-17H2. The highest BCUT2D eigenvalue weighted by molar-refractivity contribution is 6.78. The molecule has 1 heteroatoms. The fraction of sp³-hybridized carbons (Fsp3) is 0.167. The molecule has 0 heterocycles. The lowest BCUT2D eigenvalue weighted by Gasteiger charge is -2.24. The van der Waals surface area contributed by atoms with Crippen LogP contribution in [0, 0.1) is 0 Å². The molecule has 0 bridgehead atoms. The van der Waals surface area contributed by atoms with E-state index in [1.54, 1.807) is 11.1 Å². The van der Waals surface area contributed by atoms with E-state index in [0.717, 1.165) is 0 Å². The Morgan fingerprint density at radius 2 is 1.12 bits per heavy atom. The van der Waals surface area contributed by atoms with Gasteiger partial charge in [-0.1, -0.05) is 96.5 Å². The summed E-state index contributed by atoms with van der Waals surface area (Å²) in [4.78, 5) is 0. The summed E-state index contributed by atoms with van der Waals surface area (Å²) in [6.45, 7) is 0.543. The van der Waals surface area contributed by atoms with Crippen molar-refractivity contribution in [2.24, 2.45) is 0 Å². The lowest BCUT2D eigenvalue weighted by atomic mass is 9.30. The van der Waals surface area contributed by atoms with Gasteiger partial charge >= 0.3 is 0 Å². The topological polar surface area (TPSA) is 0 Å². The highest BCUT2D eigenvalue weighted by Gasteiger charge is 2.36. The lowest BCUT2D eigenvalue weighted by Crippen LogP contribution is -2.38. The Bertz CT molecular complexity index is 959. The Labute approximate surface area is 149 Å². The second-order valence-electron chi connectivity index (χ2n) is 7.41. The van der Waals surface area contributed by atoms with E-state index in [0.29, 0.717) is 18.3 Å². The second-order valence-corrected chi connectivity index (χ2v) is 7.41. The molecule has 0 radical (unpaired) electrons. The predicted octanol–water partition coefficient (Wildman–Crippen LogP) is 3.20. The van der Waals surface area contributed by atoms with Crippen LogP contribution >= 0.6 is 0 Å². The third kappa shape index (κ3) is 2.64. The van der Waals surface area contributed by atoms with Crippen molar-refractivity contribution < 1.29 is 0 Å². The molecule has 0 saturated carbocycles. The molecule has 0 aliphatic heterocycles.